The van der Waals surface area contributed by atoms with Crippen molar-refractivity contribution in [1.29, 1.82) is 0 Å². The molecule has 2 N–H and O–H groups in total. The summed E-state index contributed by atoms with van der Waals surface area (Å²) >= 11 is 0. The van der Waals surface area contributed by atoms with Crippen LogP contribution in [0.15, 0.2) is 18.2 Å². The summed E-state index contributed by atoms with van der Waals surface area (Å²) in [6.07, 6.45) is 6.09. The number of hydrogen-bond donors (Lipinski definition) is 1. The lowest BCUT2D eigenvalue weighted by atomic mass is 9.86. The predicted octanol–water partition coefficient (Wildman–Crippen LogP) is 3.63. The van der Waals surface area contributed by atoms with Gasteiger partial charge < -0.3 is 10.5 Å². The highest BCUT2D eigenvalue weighted by atomic mass is 19.1. The molecule has 0 bridgehead atoms. The van der Waals surface area contributed by atoms with Crippen molar-refractivity contribution < 1.29 is 9.13 Å². The predicted molar refractivity (Wildman–Crippen MR) is 71.0 cm³/mol. The van der Waals surface area contributed by atoms with Gasteiger partial charge in [-0.1, -0.05) is 13.3 Å². The largest absolute Gasteiger partial charge is 0.490 e. The minimum absolute atomic E-state index is 0.236. The van der Waals surface area contributed by atoms with E-state index in [9.17, 15) is 4.39 Å². The van der Waals surface area contributed by atoms with Crippen LogP contribution in [0.1, 0.15) is 44.6 Å². The molecular weight excluding hydrogens is 229 g/mol. The Morgan fingerprint density at radius 3 is 2.56 bits per heavy atom. The lowest BCUT2D eigenvalue weighted by Crippen LogP contribution is -2.24. The van der Waals surface area contributed by atoms with Gasteiger partial charge in [-0.25, -0.2) is 4.39 Å². The highest BCUT2D eigenvalue weighted by Crippen LogP contribution is 2.29. The summed E-state index contributed by atoms with van der Waals surface area (Å²) in [5.74, 6) is 1.20. The molecule has 0 unspecified atom stereocenters. The van der Waals surface area contributed by atoms with Gasteiger partial charge >= 0.3 is 0 Å². The Morgan fingerprint density at radius 2 is 1.94 bits per heavy atom. The van der Waals surface area contributed by atoms with Gasteiger partial charge in [0.1, 0.15) is 11.6 Å². The van der Waals surface area contributed by atoms with Crippen molar-refractivity contribution in [2.75, 3.05) is 0 Å². The second-order valence-corrected chi connectivity index (χ2v) is 5.17. The monoisotopic (exact) mass is 251 g/mol. The molecule has 1 saturated carbocycles. The van der Waals surface area contributed by atoms with Gasteiger partial charge in [-0.05, 0) is 49.3 Å². The number of nitrogens with two attached hydrogens (primary N) is 1. The first-order chi connectivity index (χ1) is 8.71. The van der Waals surface area contributed by atoms with E-state index in [1.165, 1.54) is 31.4 Å². The molecule has 0 heterocycles. The molecule has 18 heavy (non-hydrogen) atoms. The summed E-state index contributed by atoms with van der Waals surface area (Å²) in [5.41, 5.74) is 6.32. The van der Waals surface area contributed by atoms with Crippen LogP contribution in [0.2, 0.25) is 0 Å². The van der Waals surface area contributed by atoms with Crippen LogP contribution in [-0.2, 0) is 6.54 Å². The third-order valence-electron chi connectivity index (χ3n) is 3.84. The van der Waals surface area contributed by atoms with Gasteiger partial charge in [-0.2, -0.15) is 0 Å². The average molecular weight is 251 g/mol. The fraction of sp³-hybridized carbons (Fsp3) is 0.600. The van der Waals surface area contributed by atoms with E-state index in [1.807, 2.05) is 6.07 Å². The van der Waals surface area contributed by atoms with Gasteiger partial charge in [-0.3, -0.25) is 0 Å². The van der Waals surface area contributed by atoms with Crippen LogP contribution in [0.5, 0.6) is 5.75 Å². The molecule has 0 amide bonds. The topological polar surface area (TPSA) is 35.2 Å². The van der Waals surface area contributed by atoms with Gasteiger partial charge in [-0.15, -0.1) is 0 Å². The normalized spacial score (nSPS) is 23.9. The number of benzene rings is 1. The van der Waals surface area contributed by atoms with Crippen LogP contribution in [0.4, 0.5) is 4.39 Å². The quantitative estimate of drug-likeness (QED) is 0.886. The van der Waals surface area contributed by atoms with Crippen LogP contribution in [0.3, 0.4) is 0 Å². The first-order valence-corrected chi connectivity index (χ1v) is 6.87. The molecule has 0 radical (unpaired) electrons. The number of halogens is 1. The standard InChI is InChI=1S/C15H22FNO/c1-2-11-3-5-14(6-4-11)18-15-8-12(10-17)7-13(16)9-15/h7-9,11,14H,2-6,10,17H2,1H3. The summed E-state index contributed by atoms with van der Waals surface area (Å²) in [7, 11) is 0. The minimum atomic E-state index is -0.268. The molecule has 0 atom stereocenters. The van der Waals surface area contributed by atoms with Crippen molar-refractivity contribution in [3.05, 3.63) is 29.6 Å². The second-order valence-electron chi connectivity index (χ2n) is 5.17. The van der Waals surface area contributed by atoms with E-state index < -0.39 is 0 Å². The van der Waals surface area contributed by atoms with E-state index in [2.05, 4.69) is 6.92 Å². The number of rotatable bonds is 4. The van der Waals surface area contributed by atoms with E-state index >= 15 is 0 Å². The Labute approximate surface area is 108 Å². The Balaban J connectivity index is 1.95. The maximum Gasteiger partial charge on any atom is 0.127 e. The van der Waals surface area contributed by atoms with Crippen molar-refractivity contribution in [1.82, 2.24) is 0 Å². The zero-order valence-electron chi connectivity index (χ0n) is 11.0. The van der Waals surface area contributed by atoms with Gasteiger partial charge in [0.15, 0.2) is 0 Å². The maximum atomic E-state index is 13.3. The molecule has 1 aliphatic carbocycles. The molecular formula is C15H22FNO. The first-order valence-electron chi connectivity index (χ1n) is 6.87. The van der Waals surface area contributed by atoms with Gasteiger partial charge in [0.05, 0.1) is 6.10 Å². The summed E-state index contributed by atoms with van der Waals surface area (Å²) in [6.45, 7) is 2.59. The van der Waals surface area contributed by atoms with Crippen molar-refractivity contribution in [3.63, 3.8) is 0 Å². The lowest BCUT2D eigenvalue weighted by molar-refractivity contribution is 0.129. The first kappa shape index (κ1) is 13.3. The van der Waals surface area contributed by atoms with Gasteiger partial charge in [0.2, 0.25) is 0 Å². The molecule has 1 aromatic carbocycles. The average Bonchev–Trinajstić information content (AvgIpc) is 2.39. The van der Waals surface area contributed by atoms with Crippen molar-refractivity contribution in [2.45, 2.75) is 51.7 Å². The molecule has 1 aromatic rings. The van der Waals surface area contributed by atoms with Crippen LogP contribution in [-0.4, -0.2) is 6.10 Å². The van der Waals surface area contributed by atoms with E-state index in [4.69, 9.17) is 10.5 Å². The molecule has 0 aromatic heterocycles. The highest BCUT2D eigenvalue weighted by Gasteiger charge is 2.21. The molecule has 100 valence electrons. The summed E-state index contributed by atoms with van der Waals surface area (Å²) in [6, 6.07) is 4.75. The van der Waals surface area contributed by atoms with Gasteiger partial charge in [0, 0.05) is 12.6 Å². The third kappa shape index (κ3) is 3.45. The minimum Gasteiger partial charge on any atom is -0.490 e. The van der Waals surface area contributed by atoms with Crippen LogP contribution in [0.25, 0.3) is 0 Å². The Hall–Kier alpha value is -1.09. The van der Waals surface area contributed by atoms with Crippen LogP contribution >= 0.6 is 0 Å². The summed E-state index contributed by atoms with van der Waals surface area (Å²) < 4.78 is 19.2. The molecule has 0 saturated heterocycles. The van der Waals surface area contributed by atoms with Crippen molar-refractivity contribution in [3.8, 4) is 5.75 Å². The fourth-order valence-electron chi connectivity index (χ4n) is 2.66. The molecule has 0 aliphatic heterocycles. The Bertz CT molecular complexity index is 386. The number of ether oxygens (including phenoxy) is 1. The molecule has 1 fully saturated rings. The van der Waals surface area contributed by atoms with E-state index in [-0.39, 0.29) is 11.9 Å². The zero-order valence-corrected chi connectivity index (χ0v) is 11.0. The van der Waals surface area contributed by atoms with E-state index in [0.717, 1.165) is 24.3 Å². The van der Waals surface area contributed by atoms with E-state index in [1.54, 1.807) is 0 Å². The molecule has 2 nitrogen and oxygen atoms in total. The van der Waals surface area contributed by atoms with Crippen molar-refractivity contribution >= 4 is 0 Å². The second kappa shape index (κ2) is 6.19. The lowest BCUT2D eigenvalue weighted by Gasteiger charge is -2.28. The van der Waals surface area contributed by atoms with Crippen LogP contribution < -0.4 is 10.5 Å². The highest BCUT2D eigenvalue weighted by molar-refractivity contribution is 5.29. The van der Waals surface area contributed by atoms with Crippen LogP contribution in [0, 0.1) is 11.7 Å². The summed E-state index contributed by atoms with van der Waals surface area (Å²) in [4.78, 5) is 0. The Morgan fingerprint density at radius 1 is 1.22 bits per heavy atom. The van der Waals surface area contributed by atoms with Gasteiger partial charge in [0.25, 0.3) is 0 Å². The Kier molecular flexibility index (Phi) is 4.59. The zero-order chi connectivity index (χ0) is 13.0. The molecule has 3 heteroatoms. The van der Waals surface area contributed by atoms with E-state index in [0.29, 0.717) is 12.3 Å². The smallest absolute Gasteiger partial charge is 0.127 e. The summed E-state index contributed by atoms with van der Waals surface area (Å²) in [5, 5.41) is 0. The van der Waals surface area contributed by atoms with Crippen molar-refractivity contribution in [2.24, 2.45) is 11.7 Å². The fourth-order valence-corrected chi connectivity index (χ4v) is 2.66. The molecule has 1 aliphatic rings. The SMILES string of the molecule is CCC1CCC(Oc2cc(F)cc(CN)c2)CC1. The molecule has 0 spiro atoms. The maximum absolute atomic E-state index is 13.3. The molecule has 2 rings (SSSR count). The number of hydrogen-bond acceptors (Lipinski definition) is 2. The third-order valence-corrected chi connectivity index (χ3v) is 3.84.